The molecule has 1 atom stereocenters. The third kappa shape index (κ3) is 1.75. The summed E-state index contributed by atoms with van der Waals surface area (Å²) < 4.78 is 6.75. The molecule has 7 heteroatoms. The normalized spacial score (nSPS) is 20.3. The van der Waals surface area contributed by atoms with Crippen molar-refractivity contribution < 1.29 is 9.66 Å². The van der Waals surface area contributed by atoms with Gasteiger partial charge in [0.2, 0.25) is 11.9 Å². The summed E-state index contributed by atoms with van der Waals surface area (Å²) in [6, 6.07) is 1.71. The van der Waals surface area contributed by atoms with Gasteiger partial charge in [0, 0.05) is 6.42 Å². The minimum atomic E-state index is -0.594. The van der Waals surface area contributed by atoms with Crippen LogP contribution in [0.1, 0.15) is 31.2 Å². The van der Waals surface area contributed by atoms with Crippen molar-refractivity contribution in [2.24, 2.45) is 0 Å². The average molecular weight is 223 g/mol. The van der Waals surface area contributed by atoms with Gasteiger partial charge in [-0.2, -0.15) is 14.8 Å². The summed E-state index contributed by atoms with van der Waals surface area (Å²) in [7, 11) is 0. The maximum absolute atomic E-state index is 10.8. The Bertz CT molecular complexity index is 442. The van der Waals surface area contributed by atoms with E-state index in [0.29, 0.717) is 13.0 Å². The number of hydrogen-bond donors (Lipinski definition) is 0. The molecule has 1 aromatic rings. The molecule has 84 valence electrons. The van der Waals surface area contributed by atoms with E-state index in [4.69, 9.17) is 10.00 Å². The summed E-state index contributed by atoms with van der Waals surface area (Å²) in [5, 5.41) is 19.6. The fraction of sp³-hybridized carbons (Fsp3) is 0.556. The van der Waals surface area contributed by atoms with E-state index in [1.54, 1.807) is 6.07 Å². The Morgan fingerprint density at radius 3 is 3.06 bits per heavy atom. The second-order valence-corrected chi connectivity index (χ2v) is 3.51. The smallest absolute Gasteiger partial charge is 0.358 e. The summed E-state index contributed by atoms with van der Waals surface area (Å²) in [4.78, 5) is 14.0. The van der Waals surface area contributed by atoms with E-state index in [9.17, 15) is 10.1 Å². The highest BCUT2D eigenvalue weighted by Crippen LogP contribution is 2.28. The molecule has 16 heavy (non-hydrogen) atoms. The van der Waals surface area contributed by atoms with E-state index in [1.807, 2.05) is 0 Å². The first kappa shape index (κ1) is 10.6. The molecule has 0 aliphatic carbocycles. The number of nitro groups is 1. The van der Waals surface area contributed by atoms with Gasteiger partial charge in [-0.25, -0.2) is 0 Å². The molecule has 0 bridgehead atoms. The van der Waals surface area contributed by atoms with Crippen molar-refractivity contribution in [1.82, 2.24) is 9.55 Å². The summed E-state index contributed by atoms with van der Waals surface area (Å²) in [6.45, 7) is 0.585. The third-order valence-electron chi connectivity index (χ3n) is 2.51. The van der Waals surface area contributed by atoms with Crippen LogP contribution in [-0.4, -0.2) is 21.1 Å². The van der Waals surface area contributed by atoms with E-state index >= 15 is 0 Å². The standard InChI is InChI=1S/C9H10N4O3/c10-5-7-9(13(14)15)12(6-11-7)8-3-1-2-4-16-8/h6,8H,1-4H2/i10+1. The topological polar surface area (TPSA) is 94.0 Å². The highest BCUT2D eigenvalue weighted by Gasteiger charge is 2.29. The van der Waals surface area contributed by atoms with Crippen LogP contribution in [-0.2, 0) is 4.74 Å². The predicted molar refractivity (Wildman–Crippen MR) is 52.4 cm³/mol. The molecule has 2 rings (SSSR count). The SMILES string of the molecule is [15N]#Cc1ncn(C2CCCCO2)c1[N+](=O)[O-]. The zero-order valence-corrected chi connectivity index (χ0v) is 8.50. The van der Waals surface area contributed by atoms with Crippen LogP contribution < -0.4 is 0 Å². The summed E-state index contributed by atoms with van der Waals surface area (Å²) in [5.41, 5.74) is -0.167. The van der Waals surface area contributed by atoms with Crippen molar-refractivity contribution in [3.63, 3.8) is 0 Å². The molecule has 2 heterocycles. The summed E-state index contributed by atoms with van der Waals surface area (Å²) in [6.07, 6.45) is 3.56. The Morgan fingerprint density at radius 1 is 1.69 bits per heavy atom. The van der Waals surface area contributed by atoms with Crippen LogP contribution in [0.25, 0.3) is 0 Å². The Morgan fingerprint density at radius 2 is 2.50 bits per heavy atom. The van der Waals surface area contributed by atoms with E-state index in [-0.39, 0.29) is 17.7 Å². The average Bonchev–Trinajstić information content (AvgIpc) is 2.73. The molecule has 1 aliphatic rings. The van der Waals surface area contributed by atoms with E-state index in [0.717, 1.165) is 12.8 Å². The number of rotatable bonds is 2. The fourth-order valence-corrected chi connectivity index (χ4v) is 1.77. The second-order valence-electron chi connectivity index (χ2n) is 3.51. The molecule has 0 radical (unpaired) electrons. The quantitative estimate of drug-likeness (QED) is 0.428. The zero-order chi connectivity index (χ0) is 11.5. The molecule has 7 nitrogen and oxygen atoms in total. The molecule has 1 fully saturated rings. The lowest BCUT2D eigenvalue weighted by Gasteiger charge is -2.20. The Hall–Kier alpha value is -1.94. The van der Waals surface area contributed by atoms with Gasteiger partial charge in [0.25, 0.3) is 0 Å². The third-order valence-corrected chi connectivity index (χ3v) is 2.51. The van der Waals surface area contributed by atoms with Gasteiger partial charge in [0.05, 0.1) is 6.61 Å². The van der Waals surface area contributed by atoms with Crippen molar-refractivity contribution in [2.75, 3.05) is 6.61 Å². The molecular weight excluding hydrogens is 213 g/mol. The number of nitriles is 1. The van der Waals surface area contributed by atoms with Gasteiger partial charge in [-0.15, -0.1) is 0 Å². The first-order valence-electron chi connectivity index (χ1n) is 4.97. The Balaban J connectivity index is 2.36. The number of nitrogens with zero attached hydrogens (tertiary/aromatic N) is 4. The monoisotopic (exact) mass is 223 g/mol. The minimum absolute atomic E-state index is 0.167. The van der Waals surface area contributed by atoms with Gasteiger partial charge in [0.15, 0.2) is 6.33 Å². The van der Waals surface area contributed by atoms with Gasteiger partial charge < -0.3 is 14.9 Å². The largest absolute Gasteiger partial charge is 0.363 e. The van der Waals surface area contributed by atoms with Crippen LogP contribution in [0.3, 0.4) is 0 Å². The molecule has 0 N–H and O–H groups in total. The number of ether oxygens (including phenoxy) is 1. The summed E-state index contributed by atoms with van der Waals surface area (Å²) in [5.74, 6) is -0.283. The van der Waals surface area contributed by atoms with Crippen molar-refractivity contribution in [2.45, 2.75) is 25.5 Å². The van der Waals surface area contributed by atoms with Crippen LogP contribution in [0.5, 0.6) is 0 Å². The van der Waals surface area contributed by atoms with Crippen LogP contribution in [0.2, 0.25) is 0 Å². The van der Waals surface area contributed by atoms with Crippen molar-refractivity contribution in [3.8, 4) is 6.07 Å². The van der Waals surface area contributed by atoms with Crippen LogP contribution in [0.4, 0.5) is 5.82 Å². The maximum atomic E-state index is 10.8. The van der Waals surface area contributed by atoms with Crippen LogP contribution in [0.15, 0.2) is 6.33 Å². The lowest BCUT2D eigenvalue weighted by atomic mass is 10.2. The number of hydrogen-bond acceptors (Lipinski definition) is 5. The molecule has 0 amide bonds. The fourth-order valence-electron chi connectivity index (χ4n) is 1.77. The predicted octanol–water partition coefficient (Wildman–Crippen LogP) is 1.36. The lowest BCUT2D eigenvalue weighted by Crippen LogP contribution is -2.18. The van der Waals surface area contributed by atoms with Crippen LogP contribution >= 0.6 is 0 Å². The molecular formula is C9H10N4O3. The summed E-state index contributed by atoms with van der Waals surface area (Å²) >= 11 is 0. The van der Waals surface area contributed by atoms with Crippen molar-refractivity contribution in [3.05, 3.63) is 22.1 Å². The molecule has 1 aromatic heterocycles. The number of imidazole rings is 1. The van der Waals surface area contributed by atoms with Gasteiger partial charge in [-0.05, 0) is 17.8 Å². The first-order valence-corrected chi connectivity index (χ1v) is 4.97. The maximum Gasteiger partial charge on any atom is 0.363 e. The Labute approximate surface area is 91.4 Å². The van der Waals surface area contributed by atoms with Gasteiger partial charge in [-0.3, -0.25) is 0 Å². The highest BCUT2D eigenvalue weighted by molar-refractivity contribution is 5.38. The molecule has 1 aliphatic heterocycles. The van der Waals surface area contributed by atoms with Crippen molar-refractivity contribution >= 4 is 5.82 Å². The van der Waals surface area contributed by atoms with E-state index in [1.165, 1.54) is 10.9 Å². The zero-order valence-electron chi connectivity index (χ0n) is 8.50. The van der Waals surface area contributed by atoms with Crippen molar-refractivity contribution in [1.29, 1.82) is 5.26 Å². The molecule has 1 unspecified atom stereocenters. The number of aromatic nitrogens is 2. The highest BCUT2D eigenvalue weighted by atomic mass is 16.6. The van der Waals surface area contributed by atoms with Gasteiger partial charge in [-0.1, -0.05) is 0 Å². The van der Waals surface area contributed by atoms with E-state index in [2.05, 4.69) is 4.98 Å². The molecule has 0 saturated carbocycles. The second kappa shape index (κ2) is 4.28. The van der Waals surface area contributed by atoms with E-state index < -0.39 is 4.92 Å². The minimum Gasteiger partial charge on any atom is -0.358 e. The molecule has 1 saturated heterocycles. The van der Waals surface area contributed by atoms with Gasteiger partial charge in [0.1, 0.15) is 6.07 Å². The molecule has 0 aromatic carbocycles. The molecule has 0 spiro atoms. The van der Waals surface area contributed by atoms with Crippen LogP contribution in [0, 0.1) is 21.4 Å². The van der Waals surface area contributed by atoms with Gasteiger partial charge >= 0.3 is 5.82 Å². The first-order chi connectivity index (χ1) is 7.74. The Kier molecular flexibility index (Phi) is 2.83. The lowest BCUT2D eigenvalue weighted by molar-refractivity contribution is -0.394.